The summed E-state index contributed by atoms with van der Waals surface area (Å²) in [5.74, 6) is -0.114. The van der Waals surface area contributed by atoms with E-state index in [9.17, 15) is 4.79 Å². The van der Waals surface area contributed by atoms with Gasteiger partial charge in [0, 0.05) is 6.20 Å². The summed E-state index contributed by atoms with van der Waals surface area (Å²) in [5, 5.41) is 3.40. The summed E-state index contributed by atoms with van der Waals surface area (Å²) in [7, 11) is 0. The van der Waals surface area contributed by atoms with Gasteiger partial charge in [-0.2, -0.15) is 0 Å². The van der Waals surface area contributed by atoms with Crippen LogP contribution in [0.15, 0.2) is 42.6 Å². The van der Waals surface area contributed by atoms with E-state index in [0.717, 1.165) is 11.3 Å². The van der Waals surface area contributed by atoms with Crippen LogP contribution in [0.2, 0.25) is 5.02 Å². The van der Waals surface area contributed by atoms with Crippen LogP contribution in [0, 0.1) is 6.92 Å². The number of halogens is 1. The van der Waals surface area contributed by atoms with Gasteiger partial charge < -0.3 is 5.32 Å². The lowest BCUT2D eigenvalue weighted by molar-refractivity contribution is -0.117. The Morgan fingerprint density at radius 1 is 1.32 bits per heavy atom. The highest BCUT2D eigenvalue weighted by Crippen LogP contribution is 2.25. The number of hydrogen-bond donors (Lipinski definition) is 3. The smallest absolute Gasteiger partial charge is 0.242 e. The van der Waals surface area contributed by atoms with Crippen LogP contribution in [-0.2, 0) is 4.79 Å². The molecule has 3 N–H and O–H groups in total. The Morgan fingerprint density at radius 3 is 2.91 bits per heavy atom. The first-order valence-corrected chi connectivity index (χ1v) is 7.50. The number of carbonyl (C=O) groups is 1. The molecule has 0 bridgehead atoms. The fraction of sp³-hybridized carbons (Fsp3) is 0.250. The molecule has 2 heterocycles. The molecule has 1 amide bonds. The quantitative estimate of drug-likeness (QED) is 0.814. The zero-order chi connectivity index (χ0) is 15.5. The van der Waals surface area contributed by atoms with Gasteiger partial charge in [0.25, 0.3) is 0 Å². The molecule has 0 radical (unpaired) electrons. The van der Waals surface area contributed by atoms with Crippen LogP contribution in [0.1, 0.15) is 23.7 Å². The molecule has 2 atom stereocenters. The van der Waals surface area contributed by atoms with Gasteiger partial charge in [0.15, 0.2) is 0 Å². The normalized spacial score (nSPS) is 20.8. The monoisotopic (exact) mass is 316 g/mol. The molecule has 22 heavy (non-hydrogen) atoms. The molecule has 2 aromatic rings. The average molecular weight is 317 g/mol. The number of aromatic nitrogens is 1. The highest BCUT2D eigenvalue weighted by atomic mass is 35.5. The van der Waals surface area contributed by atoms with Crippen molar-refractivity contribution >= 4 is 23.2 Å². The topological polar surface area (TPSA) is 66.0 Å². The summed E-state index contributed by atoms with van der Waals surface area (Å²) in [4.78, 5) is 16.6. The van der Waals surface area contributed by atoms with E-state index in [0.29, 0.717) is 17.1 Å². The number of nitrogens with zero attached hydrogens (tertiary/aromatic N) is 1. The third kappa shape index (κ3) is 3.27. The van der Waals surface area contributed by atoms with Gasteiger partial charge in [-0.25, -0.2) is 10.9 Å². The molecular formula is C16H17ClN4O. The number of amides is 1. The van der Waals surface area contributed by atoms with Crippen LogP contribution in [0.25, 0.3) is 0 Å². The average Bonchev–Trinajstić information content (AvgIpc) is 3.01. The van der Waals surface area contributed by atoms with E-state index in [1.807, 2.05) is 43.3 Å². The maximum Gasteiger partial charge on any atom is 0.242 e. The molecule has 114 valence electrons. The van der Waals surface area contributed by atoms with Gasteiger partial charge >= 0.3 is 0 Å². The molecule has 1 aliphatic heterocycles. The highest BCUT2D eigenvalue weighted by Gasteiger charge is 2.30. The van der Waals surface area contributed by atoms with Gasteiger partial charge in [0.1, 0.15) is 6.04 Å². The Hall–Kier alpha value is -1.95. The van der Waals surface area contributed by atoms with Gasteiger partial charge in [-0.05, 0) is 43.2 Å². The van der Waals surface area contributed by atoms with Crippen LogP contribution in [0.3, 0.4) is 0 Å². The minimum Gasteiger partial charge on any atom is -0.323 e. The predicted molar refractivity (Wildman–Crippen MR) is 86.5 cm³/mol. The van der Waals surface area contributed by atoms with Gasteiger partial charge in [-0.15, -0.1) is 0 Å². The lowest BCUT2D eigenvalue weighted by atomic mass is 10.1. The summed E-state index contributed by atoms with van der Waals surface area (Å²) in [6.07, 6.45) is 2.38. The fourth-order valence-electron chi connectivity index (χ4n) is 2.45. The predicted octanol–water partition coefficient (Wildman–Crippen LogP) is 2.59. The van der Waals surface area contributed by atoms with E-state index in [1.165, 1.54) is 0 Å². The molecule has 0 spiro atoms. The second kappa shape index (κ2) is 6.44. The number of benzene rings is 1. The maximum absolute atomic E-state index is 12.3. The van der Waals surface area contributed by atoms with Crippen molar-refractivity contribution < 1.29 is 4.79 Å². The molecule has 1 aliphatic rings. The molecule has 1 fully saturated rings. The van der Waals surface area contributed by atoms with Crippen molar-refractivity contribution in [1.29, 1.82) is 0 Å². The Morgan fingerprint density at radius 2 is 2.18 bits per heavy atom. The van der Waals surface area contributed by atoms with E-state index in [2.05, 4.69) is 21.2 Å². The first-order valence-electron chi connectivity index (χ1n) is 7.12. The first-order chi connectivity index (χ1) is 10.6. The van der Waals surface area contributed by atoms with Crippen LogP contribution in [0.5, 0.6) is 0 Å². The molecule has 6 heteroatoms. The van der Waals surface area contributed by atoms with Gasteiger partial charge in [-0.1, -0.05) is 23.7 Å². The summed E-state index contributed by atoms with van der Waals surface area (Å²) in [6.45, 7) is 1.96. The first kappa shape index (κ1) is 15.0. The maximum atomic E-state index is 12.3. The van der Waals surface area contributed by atoms with Crippen LogP contribution in [0.4, 0.5) is 5.69 Å². The second-order valence-corrected chi connectivity index (χ2v) is 5.76. The number of pyridine rings is 1. The summed E-state index contributed by atoms with van der Waals surface area (Å²) >= 11 is 6.14. The third-order valence-electron chi connectivity index (χ3n) is 3.65. The molecule has 3 rings (SSSR count). The summed E-state index contributed by atoms with van der Waals surface area (Å²) < 4.78 is 0. The molecule has 0 aliphatic carbocycles. The van der Waals surface area contributed by atoms with E-state index >= 15 is 0 Å². The van der Waals surface area contributed by atoms with Crippen molar-refractivity contribution in [2.45, 2.75) is 25.4 Å². The Balaban J connectivity index is 1.64. The van der Waals surface area contributed by atoms with Gasteiger partial charge in [0.05, 0.1) is 22.4 Å². The molecule has 1 aromatic heterocycles. The number of anilines is 1. The summed E-state index contributed by atoms with van der Waals surface area (Å²) in [5.41, 5.74) is 8.71. The minimum atomic E-state index is -0.329. The largest absolute Gasteiger partial charge is 0.323 e. The lowest BCUT2D eigenvalue weighted by Crippen LogP contribution is -2.39. The molecule has 1 aromatic carbocycles. The molecule has 0 saturated carbocycles. The van der Waals surface area contributed by atoms with Crippen molar-refractivity contribution in [3.8, 4) is 0 Å². The van der Waals surface area contributed by atoms with E-state index < -0.39 is 0 Å². The fourth-order valence-corrected chi connectivity index (χ4v) is 2.73. The lowest BCUT2D eigenvalue weighted by Gasteiger charge is -2.12. The second-order valence-electron chi connectivity index (χ2n) is 5.36. The number of rotatable bonds is 3. The third-order valence-corrected chi connectivity index (χ3v) is 3.96. The number of carbonyl (C=O) groups excluding carboxylic acids is 1. The SMILES string of the molecule is Cc1ccc(NC(=O)C2CC(c3ccccn3)NN2)c(Cl)c1. The Kier molecular flexibility index (Phi) is 4.38. The van der Waals surface area contributed by atoms with Crippen LogP contribution >= 0.6 is 11.6 Å². The Labute approximate surface area is 134 Å². The standard InChI is InChI=1S/C16H17ClN4O/c1-10-5-6-12(11(17)8-10)19-16(22)15-9-14(20-21-15)13-4-2-3-7-18-13/h2-8,14-15,20-21H,9H2,1H3,(H,19,22). The van der Waals surface area contributed by atoms with Gasteiger partial charge in [-0.3, -0.25) is 9.78 Å². The number of nitrogens with one attached hydrogen (secondary N) is 3. The highest BCUT2D eigenvalue weighted by molar-refractivity contribution is 6.33. The molecule has 5 nitrogen and oxygen atoms in total. The van der Waals surface area contributed by atoms with Crippen LogP contribution < -0.4 is 16.2 Å². The zero-order valence-corrected chi connectivity index (χ0v) is 12.9. The number of aryl methyl sites for hydroxylation is 1. The minimum absolute atomic E-state index is 0.0189. The van der Waals surface area contributed by atoms with Crippen LogP contribution in [-0.4, -0.2) is 16.9 Å². The Bertz CT molecular complexity index is 677. The molecule has 2 unspecified atom stereocenters. The van der Waals surface area contributed by atoms with Crippen molar-refractivity contribution in [1.82, 2.24) is 15.8 Å². The molecular weight excluding hydrogens is 300 g/mol. The summed E-state index contributed by atoms with van der Waals surface area (Å²) in [6, 6.07) is 11.0. The van der Waals surface area contributed by atoms with Crippen molar-refractivity contribution in [3.63, 3.8) is 0 Å². The number of hydrazine groups is 1. The van der Waals surface area contributed by atoms with Crippen molar-refractivity contribution in [2.24, 2.45) is 0 Å². The van der Waals surface area contributed by atoms with E-state index in [4.69, 9.17) is 11.6 Å². The van der Waals surface area contributed by atoms with E-state index in [1.54, 1.807) is 6.20 Å². The van der Waals surface area contributed by atoms with E-state index in [-0.39, 0.29) is 18.0 Å². The number of hydrogen-bond acceptors (Lipinski definition) is 4. The van der Waals surface area contributed by atoms with Gasteiger partial charge in [0.2, 0.25) is 5.91 Å². The molecule has 1 saturated heterocycles. The van der Waals surface area contributed by atoms with Crippen molar-refractivity contribution in [2.75, 3.05) is 5.32 Å². The zero-order valence-electron chi connectivity index (χ0n) is 12.1. The van der Waals surface area contributed by atoms with Crippen molar-refractivity contribution in [3.05, 3.63) is 58.9 Å².